The zero-order valence-corrected chi connectivity index (χ0v) is 9.00. The molecule has 1 aliphatic rings. The zero-order valence-electron chi connectivity index (χ0n) is 8.25. The molecule has 0 unspecified atom stereocenters. The Morgan fingerprint density at radius 3 is 2.71 bits per heavy atom. The fourth-order valence-electron chi connectivity index (χ4n) is 2.01. The highest BCUT2D eigenvalue weighted by atomic mass is 35.5. The topological polar surface area (TPSA) is 0 Å². The lowest BCUT2D eigenvalue weighted by Gasteiger charge is -2.00. The van der Waals surface area contributed by atoms with Crippen LogP contribution < -0.4 is 0 Å². The molecule has 0 N–H and O–H groups in total. The van der Waals surface area contributed by atoms with E-state index in [2.05, 4.69) is 18.2 Å². The number of benzene rings is 1. The first-order valence-corrected chi connectivity index (χ1v) is 5.66. The van der Waals surface area contributed by atoms with E-state index in [-0.39, 0.29) is 0 Å². The van der Waals surface area contributed by atoms with Crippen molar-refractivity contribution in [3.8, 4) is 0 Å². The number of hydrogen-bond acceptors (Lipinski definition) is 0. The van der Waals surface area contributed by atoms with Gasteiger partial charge >= 0.3 is 0 Å². The Balaban J connectivity index is 2.02. The lowest BCUT2D eigenvalue weighted by atomic mass is 10.1. The highest BCUT2D eigenvalue weighted by Crippen LogP contribution is 2.26. The second-order valence-electron chi connectivity index (χ2n) is 3.96. The van der Waals surface area contributed by atoms with E-state index in [0.717, 1.165) is 10.9 Å². The Labute approximate surface area is 90.6 Å². The Morgan fingerprint density at radius 2 is 2.00 bits per heavy atom. The maximum atomic E-state index is 5.91. The second-order valence-corrected chi connectivity index (χ2v) is 4.40. The van der Waals surface area contributed by atoms with Gasteiger partial charge in [0.05, 0.1) is 0 Å². The predicted molar refractivity (Wildman–Crippen MR) is 62.4 cm³/mol. The van der Waals surface area contributed by atoms with E-state index < -0.39 is 0 Å². The third-order valence-electron chi connectivity index (χ3n) is 2.81. The molecule has 0 aromatic heterocycles. The molecule has 0 bridgehead atoms. The van der Waals surface area contributed by atoms with Crippen LogP contribution in [0.4, 0.5) is 0 Å². The second kappa shape index (κ2) is 4.65. The van der Waals surface area contributed by atoms with Gasteiger partial charge in [-0.05, 0) is 36.5 Å². The van der Waals surface area contributed by atoms with Gasteiger partial charge in [-0.15, -0.1) is 0 Å². The van der Waals surface area contributed by atoms with Crippen LogP contribution in [0.3, 0.4) is 0 Å². The average molecular weight is 207 g/mol. The van der Waals surface area contributed by atoms with Crippen LogP contribution >= 0.6 is 11.6 Å². The Kier molecular flexibility index (Phi) is 3.26. The predicted octanol–water partition coefficient (Wildman–Crippen LogP) is 4.54. The first-order valence-electron chi connectivity index (χ1n) is 5.28. The molecule has 1 saturated carbocycles. The van der Waals surface area contributed by atoms with E-state index in [4.69, 9.17) is 11.6 Å². The fraction of sp³-hybridized carbons (Fsp3) is 0.385. The van der Waals surface area contributed by atoms with E-state index in [9.17, 15) is 0 Å². The summed E-state index contributed by atoms with van der Waals surface area (Å²) in [6.45, 7) is 0. The Morgan fingerprint density at radius 1 is 1.21 bits per heavy atom. The number of halogens is 1. The SMILES string of the molecule is Clc1cccc(/C=C\C2CCCC2)c1. The van der Waals surface area contributed by atoms with Crippen LogP contribution in [0, 0.1) is 5.92 Å². The molecule has 1 aromatic rings. The van der Waals surface area contributed by atoms with Gasteiger partial charge in [-0.1, -0.05) is 48.7 Å². The van der Waals surface area contributed by atoms with Crippen molar-refractivity contribution in [3.05, 3.63) is 40.9 Å². The van der Waals surface area contributed by atoms with E-state index in [1.165, 1.54) is 31.2 Å². The van der Waals surface area contributed by atoms with Crippen molar-refractivity contribution >= 4 is 17.7 Å². The monoisotopic (exact) mass is 206 g/mol. The van der Waals surface area contributed by atoms with Crippen LogP contribution in [0.2, 0.25) is 5.02 Å². The first-order chi connectivity index (χ1) is 6.84. The van der Waals surface area contributed by atoms with Gasteiger partial charge in [0.2, 0.25) is 0 Å². The highest BCUT2D eigenvalue weighted by Gasteiger charge is 2.10. The van der Waals surface area contributed by atoms with Crippen LogP contribution in [0.5, 0.6) is 0 Å². The minimum absolute atomic E-state index is 0.800. The van der Waals surface area contributed by atoms with Gasteiger partial charge in [0, 0.05) is 5.02 Å². The first kappa shape index (κ1) is 9.79. The molecule has 74 valence electrons. The van der Waals surface area contributed by atoms with Crippen LogP contribution in [0.1, 0.15) is 31.2 Å². The molecule has 1 aliphatic carbocycles. The molecule has 2 rings (SSSR count). The summed E-state index contributed by atoms with van der Waals surface area (Å²) in [5.41, 5.74) is 1.21. The van der Waals surface area contributed by atoms with E-state index in [1.807, 2.05) is 18.2 Å². The lowest BCUT2D eigenvalue weighted by molar-refractivity contribution is 0.689. The Bertz CT molecular complexity index is 322. The van der Waals surface area contributed by atoms with E-state index in [0.29, 0.717) is 0 Å². The van der Waals surface area contributed by atoms with Crippen molar-refractivity contribution in [2.75, 3.05) is 0 Å². The van der Waals surface area contributed by atoms with E-state index >= 15 is 0 Å². The summed E-state index contributed by atoms with van der Waals surface area (Å²) in [7, 11) is 0. The van der Waals surface area contributed by atoms with Crippen LogP contribution in [-0.4, -0.2) is 0 Å². The Hall–Kier alpha value is -0.750. The fourth-order valence-corrected chi connectivity index (χ4v) is 2.21. The molecule has 0 atom stereocenters. The van der Waals surface area contributed by atoms with Crippen molar-refractivity contribution in [1.82, 2.24) is 0 Å². The maximum Gasteiger partial charge on any atom is 0.0411 e. The van der Waals surface area contributed by atoms with Gasteiger partial charge < -0.3 is 0 Å². The molecule has 0 aliphatic heterocycles. The molecular weight excluding hydrogens is 192 g/mol. The average Bonchev–Trinajstić information content (AvgIpc) is 2.67. The molecule has 1 aromatic carbocycles. The summed E-state index contributed by atoms with van der Waals surface area (Å²) < 4.78 is 0. The van der Waals surface area contributed by atoms with Gasteiger partial charge in [0.1, 0.15) is 0 Å². The smallest absolute Gasteiger partial charge is 0.0411 e. The summed E-state index contributed by atoms with van der Waals surface area (Å²) in [4.78, 5) is 0. The highest BCUT2D eigenvalue weighted by molar-refractivity contribution is 6.30. The molecule has 1 heteroatoms. The van der Waals surface area contributed by atoms with Gasteiger partial charge in [-0.3, -0.25) is 0 Å². The van der Waals surface area contributed by atoms with Gasteiger partial charge in [-0.25, -0.2) is 0 Å². The molecular formula is C13H15Cl. The van der Waals surface area contributed by atoms with Crippen LogP contribution in [0.15, 0.2) is 30.3 Å². The van der Waals surface area contributed by atoms with Crippen molar-refractivity contribution in [2.24, 2.45) is 5.92 Å². The third kappa shape index (κ3) is 2.62. The summed E-state index contributed by atoms with van der Waals surface area (Å²) >= 11 is 5.91. The quantitative estimate of drug-likeness (QED) is 0.666. The van der Waals surface area contributed by atoms with Crippen molar-refractivity contribution < 1.29 is 0 Å². The number of allylic oxidation sites excluding steroid dienone is 1. The standard InChI is InChI=1S/C13H15Cl/c14-13-7-3-6-12(10-13)9-8-11-4-1-2-5-11/h3,6-11H,1-2,4-5H2/b9-8-. The molecule has 0 heterocycles. The maximum absolute atomic E-state index is 5.91. The van der Waals surface area contributed by atoms with Crippen LogP contribution in [0.25, 0.3) is 6.08 Å². The van der Waals surface area contributed by atoms with Gasteiger partial charge in [0.15, 0.2) is 0 Å². The number of rotatable bonds is 2. The lowest BCUT2D eigenvalue weighted by Crippen LogP contribution is -1.84. The zero-order chi connectivity index (χ0) is 9.80. The molecule has 0 amide bonds. The molecule has 0 spiro atoms. The third-order valence-corrected chi connectivity index (χ3v) is 3.04. The van der Waals surface area contributed by atoms with Crippen molar-refractivity contribution in [3.63, 3.8) is 0 Å². The normalized spacial score (nSPS) is 18.1. The van der Waals surface area contributed by atoms with Gasteiger partial charge in [-0.2, -0.15) is 0 Å². The summed E-state index contributed by atoms with van der Waals surface area (Å²) in [6, 6.07) is 8.01. The summed E-state index contributed by atoms with van der Waals surface area (Å²) in [6.07, 6.45) is 10.0. The van der Waals surface area contributed by atoms with Crippen molar-refractivity contribution in [1.29, 1.82) is 0 Å². The largest absolute Gasteiger partial charge is 0.0843 e. The molecule has 0 nitrogen and oxygen atoms in total. The number of hydrogen-bond donors (Lipinski definition) is 0. The van der Waals surface area contributed by atoms with Crippen LogP contribution in [-0.2, 0) is 0 Å². The summed E-state index contributed by atoms with van der Waals surface area (Å²) in [5, 5.41) is 0.818. The summed E-state index contributed by atoms with van der Waals surface area (Å²) in [5.74, 6) is 0.800. The molecule has 14 heavy (non-hydrogen) atoms. The van der Waals surface area contributed by atoms with Gasteiger partial charge in [0.25, 0.3) is 0 Å². The minimum Gasteiger partial charge on any atom is -0.0843 e. The minimum atomic E-state index is 0.800. The van der Waals surface area contributed by atoms with E-state index in [1.54, 1.807) is 0 Å². The molecule has 1 fully saturated rings. The van der Waals surface area contributed by atoms with Crippen molar-refractivity contribution in [2.45, 2.75) is 25.7 Å². The molecule has 0 saturated heterocycles. The molecule has 0 radical (unpaired) electrons.